The second-order valence-corrected chi connectivity index (χ2v) is 9.08. The smallest absolute Gasteiger partial charge is 0.340 e. The number of alkyl halides is 6. The molecule has 4 aromatic rings. The van der Waals surface area contributed by atoms with Crippen LogP contribution in [0.4, 0.5) is 37.8 Å². The highest BCUT2D eigenvalue weighted by Gasteiger charge is 2.34. The highest BCUT2D eigenvalue weighted by atomic mass is 19.4. The Bertz CT molecular complexity index is 1510. The van der Waals surface area contributed by atoms with Crippen molar-refractivity contribution in [2.24, 2.45) is 0 Å². The lowest BCUT2D eigenvalue weighted by Gasteiger charge is -2.26. The highest BCUT2D eigenvalue weighted by molar-refractivity contribution is 5.98. The second-order valence-electron chi connectivity index (χ2n) is 9.08. The summed E-state index contributed by atoms with van der Waals surface area (Å²) in [6.45, 7) is 1.04. The largest absolute Gasteiger partial charge is 0.418 e. The van der Waals surface area contributed by atoms with Gasteiger partial charge in [-0.05, 0) is 67.8 Å². The predicted molar refractivity (Wildman–Crippen MR) is 132 cm³/mol. The number of aromatic nitrogens is 3. The molecule has 1 saturated heterocycles. The van der Waals surface area contributed by atoms with Crippen molar-refractivity contribution in [3.63, 3.8) is 0 Å². The number of amides is 1. The van der Waals surface area contributed by atoms with Gasteiger partial charge in [-0.2, -0.15) is 26.3 Å². The summed E-state index contributed by atoms with van der Waals surface area (Å²) in [4.78, 5) is 27.5. The number of rotatable bonds is 4. The van der Waals surface area contributed by atoms with Gasteiger partial charge >= 0.3 is 12.4 Å². The van der Waals surface area contributed by atoms with Gasteiger partial charge in [0.05, 0.1) is 22.3 Å². The molecule has 0 unspecified atom stereocenters. The molecule has 1 N–H and O–H groups in total. The van der Waals surface area contributed by atoms with Crippen LogP contribution in [-0.4, -0.2) is 38.8 Å². The summed E-state index contributed by atoms with van der Waals surface area (Å²) in [7, 11) is 0. The number of hydrogen-bond donors (Lipinski definition) is 1. The monoisotopic (exact) mass is 545 g/mol. The number of nitrogens with zero attached hydrogens (tertiary/aromatic N) is 4. The SMILES string of the molecule is O=C(c1nc(Nc2ccc(C(F)(F)F)cc2)c2ccc(-c3ncccc3C(F)(F)F)cc2n1)N1CCCCC1. The lowest BCUT2D eigenvalue weighted by Crippen LogP contribution is -2.36. The van der Waals surface area contributed by atoms with Gasteiger partial charge in [0.15, 0.2) is 0 Å². The van der Waals surface area contributed by atoms with Crippen LogP contribution in [0.25, 0.3) is 22.2 Å². The summed E-state index contributed by atoms with van der Waals surface area (Å²) >= 11 is 0. The minimum atomic E-state index is -4.64. The van der Waals surface area contributed by atoms with E-state index >= 15 is 0 Å². The molecule has 39 heavy (non-hydrogen) atoms. The number of carbonyl (C=O) groups excluding carboxylic acids is 1. The van der Waals surface area contributed by atoms with E-state index in [0.29, 0.717) is 18.5 Å². The number of likely N-dealkylation sites (tertiary alicyclic amines) is 1. The van der Waals surface area contributed by atoms with E-state index in [4.69, 9.17) is 0 Å². The van der Waals surface area contributed by atoms with Gasteiger partial charge in [-0.3, -0.25) is 9.78 Å². The maximum Gasteiger partial charge on any atom is 0.418 e. The molecule has 1 amide bonds. The normalized spacial score (nSPS) is 14.5. The van der Waals surface area contributed by atoms with Gasteiger partial charge in [0.1, 0.15) is 5.82 Å². The topological polar surface area (TPSA) is 71.0 Å². The molecule has 0 bridgehead atoms. The van der Waals surface area contributed by atoms with Crippen LogP contribution in [0.2, 0.25) is 0 Å². The number of halogens is 6. The van der Waals surface area contributed by atoms with E-state index < -0.39 is 29.4 Å². The first-order valence-corrected chi connectivity index (χ1v) is 12.1. The molecule has 12 heteroatoms. The Balaban J connectivity index is 1.61. The van der Waals surface area contributed by atoms with Crippen molar-refractivity contribution in [2.45, 2.75) is 31.6 Å². The van der Waals surface area contributed by atoms with Crippen molar-refractivity contribution in [3.05, 3.63) is 77.7 Å². The molecule has 5 rings (SSSR count). The summed E-state index contributed by atoms with van der Waals surface area (Å²) in [6.07, 6.45) is -5.28. The van der Waals surface area contributed by atoms with Gasteiger partial charge in [-0.25, -0.2) is 9.97 Å². The first-order valence-electron chi connectivity index (χ1n) is 12.1. The molecule has 3 heterocycles. The third kappa shape index (κ3) is 5.64. The summed E-state index contributed by atoms with van der Waals surface area (Å²) in [5.41, 5.74) is -1.48. The second kappa shape index (κ2) is 10.2. The third-order valence-electron chi connectivity index (χ3n) is 6.39. The minimum Gasteiger partial charge on any atom is -0.340 e. The van der Waals surface area contributed by atoms with E-state index in [2.05, 4.69) is 20.3 Å². The molecular weight excluding hydrogens is 524 g/mol. The number of hydrogen-bond acceptors (Lipinski definition) is 5. The summed E-state index contributed by atoms with van der Waals surface area (Å²) in [5.74, 6) is -0.483. The Morgan fingerprint density at radius 1 is 0.846 bits per heavy atom. The zero-order valence-electron chi connectivity index (χ0n) is 20.3. The predicted octanol–water partition coefficient (Wildman–Crippen LogP) is 7.10. The summed E-state index contributed by atoms with van der Waals surface area (Å²) in [6, 6.07) is 10.7. The number of piperidine rings is 1. The van der Waals surface area contributed by atoms with Crippen LogP contribution in [0.5, 0.6) is 0 Å². The number of pyridine rings is 1. The Labute approximate surface area is 218 Å². The van der Waals surface area contributed by atoms with Gasteiger partial charge in [-0.15, -0.1) is 0 Å². The molecule has 2 aromatic carbocycles. The zero-order chi connectivity index (χ0) is 27.8. The van der Waals surface area contributed by atoms with E-state index in [-0.39, 0.29) is 34.1 Å². The van der Waals surface area contributed by atoms with Crippen molar-refractivity contribution in [1.29, 1.82) is 0 Å². The fraction of sp³-hybridized carbons (Fsp3) is 0.259. The van der Waals surface area contributed by atoms with Crippen LogP contribution >= 0.6 is 0 Å². The maximum atomic E-state index is 13.6. The molecule has 1 aliphatic heterocycles. The number of anilines is 2. The van der Waals surface area contributed by atoms with Gasteiger partial charge < -0.3 is 10.2 Å². The molecule has 6 nitrogen and oxygen atoms in total. The zero-order valence-corrected chi connectivity index (χ0v) is 20.3. The lowest BCUT2D eigenvalue weighted by molar-refractivity contribution is -0.138. The Hall–Kier alpha value is -4.22. The average molecular weight is 545 g/mol. The number of carbonyl (C=O) groups is 1. The Morgan fingerprint density at radius 3 is 2.23 bits per heavy atom. The van der Waals surface area contributed by atoms with E-state index in [0.717, 1.165) is 37.5 Å². The molecule has 202 valence electrons. The molecule has 0 radical (unpaired) electrons. The van der Waals surface area contributed by atoms with Crippen molar-refractivity contribution >= 4 is 28.3 Å². The molecule has 0 aliphatic carbocycles. The van der Waals surface area contributed by atoms with Crippen LogP contribution < -0.4 is 5.32 Å². The van der Waals surface area contributed by atoms with Crippen LogP contribution in [0.1, 0.15) is 41.0 Å². The van der Waals surface area contributed by atoms with E-state index in [1.807, 2.05) is 0 Å². The van der Waals surface area contributed by atoms with Crippen molar-refractivity contribution in [3.8, 4) is 11.3 Å². The van der Waals surface area contributed by atoms with Gasteiger partial charge in [0.25, 0.3) is 5.91 Å². The number of benzene rings is 2. The van der Waals surface area contributed by atoms with Crippen molar-refractivity contribution in [2.75, 3.05) is 18.4 Å². The molecular formula is C27H21F6N5O. The Morgan fingerprint density at radius 2 is 1.56 bits per heavy atom. The molecule has 0 atom stereocenters. The standard InChI is InChI=1S/C27H21F6N5O/c28-26(29,30)17-7-9-18(10-8-17)35-23-19-11-6-16(22-20(27(31,32)33)5-4-12-34-22)15-21(19)36-24(37-23)25(39)38-13-2-1-3-14-38/h4-12,15H,1-3,13-14H2,(H,35,36,37). The first kappa shape index (κ1) is 26.4. The molecule has 1 aliphatic rings. The quantitative estimate of drug-likeness (QED) is 0.277. The van der Waals surface area contributed by atoms with E-state index in [9.17, 15) is 31.1 Å². The molecule has 0 saturated carbocycles. The number of nitrogens with one attached hydrogen (secondary N) is 1. The lowest BCUT2D eigenvalue weighted by atomic mass is 10.0. The fourth-order valence-electron chi connectivity index (χ4n) is 4.45. The first-order chi connectivity index (χ1) is 18.5. The highest BCUT2D eigenvalue weighted by Crippen LogP contribution is 2.37. The molecule has 2 aromatic heterocycles. The van der Waals surface area contributed by atoms with Crippen LogP contribution in [-0.2, 0) is 12.4 Å². The number of fused-ring (bicyclic) bond motifs is 1. The van der Waals surface area contributed by atoms with Gasteiger partial charge in [-0.1, -0.05) is 6.07 Å². The summed E-state index contributed by atoms with van der Waals surface area (Å²) in [5, 5.41) is 3.29. The Kier molecular flexibility index (Phi) is 6.87. The minimum absolute atomic E-state index is 0.128. The maximum absolute atomic E-state index is 13.6. The molecule has 0 spiro atoms. The van der Waals surface area contributed by atoms with Gasteiger partial charge in [0, 0.05) is 35.9 Å². The van der Waals surface area contributed by atoms with Crippen LogP contribution in [0, 0.1) is 0 Å². The van der Waals surface area contributed by atoms with Gasteiger partial charge in [0.2, 0.25) is 5.82 Å². The van der Waals surface area contributed by atoms with Crippen LogP contribution in [0.3, 0.4) is 0 Å². The van der Waals surface area contributed by atoms with Crippen molar-refractivity contribution in [1.82, 2.24) is 19.9 Å². The molecule has 1 fully saturated rings. The van der Waals surface area contributed by atoms with E-state index in [1.165, 1.54) is 42.6 Å². The van der Waals surface area contributed by atoms with Crippen LogP contribution in [0.15, 0.2) is 60.8 Å². The third-order valence-corrected chi connectivity index (χ3v) is 6.39. The van der Waals surface area contributed by atoms with E-state index in [1.54, 1.807) is 4.90 Å². The summed E-state index contributed by atoms with van der Waals surface area (Å²) < 4.78 is 79.9. The van der Waals surface area contributed by atoms with Crippen molar-refractivity contribution < 1.29 is 31.1 Å². The average Bonchev–Trinajstić information content (AvgIpc) is 2.92. The fourth-order valence-corrected chi connectivity index (χ4v) is 4.45.